The quantitative estimate of drug-likeness (QED) is 0.658. The van der Waals surface area contributed by atoms with E-state index in [9.17, 15) is 4.79 Å². The van der Waals surface area contributed by atoms with Crippen LogP contribution in [0.25, 0.3) is 0 Å². The number of terminal acetylenes is 1. The summed E-state index contributed by atoms with van der Waals surface area (Å²) in [5, 5.41) is 0. The lowest BCUT2D eigenvalue weighted by atomic mass is 10.1. The molecule has 1 aliphatic heterocycles. The van der Waals surface area contributed by atoms with E-state index >= 15 is 0 Å². The Bertz CT molecular complexity index is 534. The molecule has 1 heterocycles. The number of benzene rings is 1. The smallest absolute Gasteiger partial charge is 0.256 e. The fourth-order valence-corrected chi connectivity index (χ4v) is 1.95. The van der Waals surface area contributed by atoms with E-state index in [1.807, 2.05) is 6.92 Å². The first-order valence-corrected chi connectivity index (χ1v) is 6.09. The second-order valence-electron chi connectivity index (χ2n) is 4.22. The lowest BCUT2D eigenvalue weighted by Gasteiger charge is -2.20. The van der Waals surface area contributed by atoms with Crippen molar-refractivity contribution < 1.29 is 14.3 Å². The minimum atomic E-state index is -0.185. The van der Waals surface area contributed by atoms with Gasteiger partial charge in [-0.15, -0.1) is 6.42 Å². The van der Waals surface area contributed by atoms with E-state index in [4.69, 9.17) is 21.6 Å². The van der Waals surface area contributed by atoms with Gasteiger partial charge < -0.3 is 20.1 Å². The maximum atomic E-state index is 12.4. The van der Waals surface area contributed by atoms with Crippen molar-refractivity contribution in [3.8, 4) is 23.8 Å². The van der Waals surface area contributed by atoms with Crippen molar-refractivity contribution in [2.75, 3.05) is 25.6 Å². The molecule has 0 radical (unpaired) electrons. The Morgan fingerprint density at radius 1 is 1.47 bits per heavy atom. The van der Waals surface area contributed by atoms with Gasteiger partial charge in [0, 0.05) is 18.3 Å². The summed E-state index contributed by atoms with van der Waals surface area (Å²) in [5.74, 6) is 3.40. The molecule has 100 valence electrons. The highest BCUT2D eigenvalue weighted by atomic mass is 16.7. The maximum absolute atomic E-state index is 12.4. The van der Waals surface area contributed by atoms with E-state index in [0.717, 1.165) is 6.42 Å². The minimum absolute atomic E-state index is 0.148. The number of fused-ring (bicyclic) bond motifs is 1. The number of nitrogen functional groups attached to an aromatic ring is 1. The molecule has 1 aromatic carbocycles. The number of nitrogens with two attached hydrogens (primary N) is 1. The highest BCUT2D eigenvalue weighted by Gasteiger charge is 2.22. The molecule has 0 spiro atoms. The summed E-state index contributed by atoms with van der Waals surface area (Å²) in [7, 11) is 0. The number of carbonyl (C=O) groups is 1. The Morgan fingerprint density at radius 3 is 2.79 bits per heavy atom. The molecule has 5 nitrogen and oxygen atoms in total. The highest BCUT2D eigenvalue weighted by molar-refractivity contribution is 6.00. The number of carbonyl (C=O) groups excluding carboxylic acids is 1. The van der Waals surface area contributed by atoms with Crippen LogP contribution in [0.3, 0.4) is 0 Å². The van der Waals surface area contributed by atoms with Crippen molar-refractivity contribution in [1.29, 1.82) is 0 Å². The Morgan fingerprint density at radius 2 is 2.16 bits per heavy atom. The molecule has 5 heteroatoms. The fourth-order valence-electron chi connectivity index (χ4n) is 1.95. The van der Waals surface area contributed by atoms with Crippen LogP contribution in [-0.4, -0.2) is 30.7 Å². The molecule has 2 N–H and O–H groups in total. The van der Waals surface area contributed by atoms with Crippen LogP contribution < -0.4 is 15.2 Å². The monoisotopic (exact) mass is 260 g/mol. The van der Waals surface area contributed by atoms with Crippen LogP contribution in [0, 0.1) is 12.3 Å². The van der Waals surface area contributed by atoms with E-state index in [-0.39, 0.29) is 19.2 Å². The third kappa shape index (κ3) is 2.58. The van der Waals surface area contributed by atoms with Crippen LogP contribution in [0.2, 0.25) is 0 Å². The molecule has 0 aromatic heterocycles. The molecule has 1 amide bonds. The molecule has 1 aromatic rings. The normalized spacial score (nSPS) is 12.0. The van der Waals surface area contributed by atoms with E-state index in [1.54, 1.807) is 17.0 Å². The van der Waals surface area contributed by atoms with Gasteiger partial charge in [-0.25, -0.2) is 0 Å². The molecule has 1 aliphatic rings. The predicted molar refractivity (Wildman–Crippen MR) is 72.0 cm³/mol. The highest BCUT2D eigenvalue weighted by Crippen LogP contribution is 2.36. The summed E-state index contributed by atoms with van der Waals surface area (Å²) in [6, 6.07) is 3.22. The van der Waals surface area contributed by atoms with E-state index in [2.05, 4.69) is 5.92 Å². The number of ether oxygens (including phenoxy) is 2. The molecule has 0 saturated heterocycles. The van der Waals surface area contributed by atoms with Gasteiger partial charge in [0.25, 0.3) is 5.91 Å². The Labute approximate surface area is 112 Å². The lowest BCUT2D eigenvalue weighted by Crippen LogP contribution is -2.32. The van der Waals surface area contributed by atoms with Crippen LogP contribution in [0.5, 0.6) is 11.5 Å². The standard InChI is InChI=1S/C14H16N2O3/c1-3-5-16(6-4-2)14(17)10-7-12-13(8-11(10)15)19-9-18-12/h1,7-8H,4-6,9,15H2,2H3. The van der Waals surface area contributed by atoms with Gasteiger partial charge in [-0.1, -0.05) is 12.8 Å². The van der Waals surface area contributed by atoms with E-state index in [0.29, 0.717) is 29.3 Å². The van der Waals surface area contributed by atoms with Crippen LogP contribution in [0.4, 0.5) is 5.69 Å². The maximum Gasteiger partial charge on any atom is 0.256 e. The molecular weight excluding hydrogens is 244 g/mol. The molecule has 0 saturated carbocycles. The minimum Gasteiger partial charge on any atom is -0.454 e. The zero-order valence-electron chi connectivity index (χ0n) is 10.8. The third-order valence-corrected chi connectivity index (χ3v) is 2.84. The predicted octanol–water partition coefficient (Wildman–Crippen LogP) is 1.48. The van der Waals surface area contributed by atoms with Gasteiger partial charge in [-0.3, -0.25) is 4.79 Å². The SMILES string of the molecule is C#CCN(CCC)C(=O)c1cc2c(cc1N)OCO2. The lowest BCUT2D eigenvalue weighted by molar-refractivity contribution is 0.0777. The van der Waals surface area contributed by atoms with Gasteiger partial charge in [0.2, 0.25) is 6.79 Å². The average molecular weight is 260 g/mol. The summed E-state index contributed by atoms with van der Waals surface area (Å²) in [5.41, 5.74) is 6.65. The topological polar surface area (TPSA) is 64.8 Å². The number of anilines is 1. The summed E-state index contributed by atoms with van der Waals surface area (Å²) in [6.07, 6.45) is 6.12. The van der Waals surface area contributed by atoms with Gasteiger partial charge in [0.15, 0.2) is 11.5 Å². The second kappa shape index (κ2) is 5.53. The summed E-state index contributed by atoms with van der Waals surface area (Å²) in [4.78, 5) is 14.0. The third-order valence-electron chi connectivity index (χ3n) is 2.84. The zero-order valence-corrected chi connectivity index (χ0v) is 10.8. The van der Waals surface area contributed by atoms with Gasteiger partial charge in [0.05, 0.1) is 12.1 Å². The van der Waals surface area contributed by atoms with Crippen LogP contribution in [0.15, 0.2) is 12.1 Å². The molecule has 19 heavy (non-hydrogen) atoms. The van der Waals surface area contributed by atoms with Crippen molar-refractivity contribution in [1.82, 2.24) is 4.90 Å². The van der Waals surface area contributed by atoms with Crippen LogP contribution in [0.1, 0.15) is 23.7 Å². The van der Waals surface area contributed by atoms with Gasteiger partial charge in [-0.2, -0.15) is 0 Å². The van der Waals surface area contributed by atoms with Crippen LogP contribution >= 0.6 is 0 Å². The van der Waals surface area contributed by atoms with Crippen molar-refractivity contribution >= 4 is 11.6 Å². The summed E-state index contributed by atoms with van der Waals surface area (Å²) < 4.78 is 10.5. The molecule has 0 atom stereocenters. The largest absolute Gasteiger partial charge is 0.454 e. The van der Waals surface area contributed by atoms with Crippen molar-refractivity contribution in [3.05, 3.63) is 17.7 Å². The van der Waals surface area contributed by atoms with E-state index in [1.165, 1.54) is 0 Å². The molecule has 2 rings (SSSR count). The van der Waals surface area contributed by atoms with Crippen molar-refractivity contribution in [2.45, 2.75) is 13.3 Å². The summed E-state index contributed by atoms with van der Waals surface area (Å²) >= 11 is 0. The van der Waals surface area contributed by atoms with Crippen molar-refractivity contribution in [3.63, 3.8) is 0 Å². The molecule has 0 bridgehead atoms. The Kier molecular flexibility index (Phi) is 3.81. The number of nitrogens with zero attached hydrogens (tertiary/aromatic N) is 1. The number of hydrogen-bond donors (Lipinski definition) is 1. The molecule has 0 unspecified atom stereocenters. The average Bonchev–Trinajstić information content (AvgIpc) is 2.83. The second-order valence-corrected chi connectivity index (χ2v) is 4.22. The molecule has 0 aliphatic carbocycles. The Hall–Kier alpha value is -2.35. The first kappa shape index (κ1) is 13.1. The fraction of sp³-hybridized carbons (Fsp3) is 0.357. The Balaban J connectivity index is 2.30. The number of amides is 1. The van der Waals surface area contributed by atoms with Gasteiger partial charge in [-0.05, 0) is 12.5 Å². The number of rotatable bonds is 4. The van der Waals surface area contributed by atoms with Crippen LogP contribution in [-0.2, 0) is 0 Å². The van der Waals surface area contributed by atoms with Gasteiger partial charge in [0.1, 0.15) is 0 Å². The zero-order chi connectivity index (χ0) is 13.8. The summed E-state index contributed by atoms with van der Waals surface area (Å²) in [6.45, 7) is 2.99. The molecular formula is C14H16N2O3. The number of hydrogen-bond acceptors (Lipinski definition) is 4. The first-order chi connectivity index (χ1) is 9.17. The van der Waals surface area contributed by atoms with Gasteiger partial charge >= 0.3 is 0 Å². The van der Waals surface area contributed by atoms with E-state index < -0.39 is 0 Å². The first-order valence-electron chi connectivity index (χ1n) is 6.09. The molecule has 0 fully saturated rings. The van der Waals surface area contributed by atoms with Crippen molar-refractivity contribution in [2.24, 2.45) is 0 Å².